The highest BCUT2D eigenvalue weighted by Crippen LogP contribution is 2.31. The van der Waals surface area contributed by atoms with Crippen LogP contribution in [0, 0.1) is 0 Å². The van der Waals surface area contributed by atoms with Crippen LogP contribution >= 0.6 is 0 Å². The Morgan fingerprint density at radius 2 is 2.08 bits per heavy atom. The second kappa shape index (κ2) is 7.11. The van der Waals surface area contributed by atoms with Gasteiger partial charge in [-0.2, -0.15) is 10.2 Å². The van der Waals surface area contributed by atoms with E-state index >= 15 is 0 Å². The molecule has 26 heavy (non-hydrogen) atoms. The van der Waals surface area contributed by atoms with Crippen molar-refractivity contribution in [1.29, 1.82) is 0 Å². The Labute approximate surface area is 152 Å². The number of carbonyl (C=O) groups is 1. The Hall–Kier alpha value is -2.96. The standard InChI is InChI=1S/C19H22N6O/c1-2-25-16(11-12-20-25)19(26)24-13-7-6-10-15(24)18-21-17(22-23-18)14-8-4-3-5-9-14/h3-5,8-9,11-12,15H,2,6-7,10,13H2,1H3,(H,21,22,23). The number of amides is 1. The molecular formula is C19H22N6O. The fraction of sp³-hybridized carbons (Fsp3) is 0.368. The summed E-state index contributed by atoms with van der Waals surface area (Å²) in [5.41, 5.74) is 1.59. The highest BCUT2D eigenvalue weighted by molar-refractivity contribution is 5.92. The van der Waals surface area contributed by atoms with Crippen molar-refractivity contribution in [3.63, 3.8) is 0 Å². The van der Waals surface area contributed by atoms with Crippen LogP contribution in [-0.2, 0) is 6.54 Å². The highest BCUT2D eigenvalue weighted by atomic mass is 16.2. The SMILES string of the molecule is CCn1nccc1C(=O)N1CCCCC1c1nc(-c2ccccc2)n[nH]1. The molecule has 0 aliphatic carbocycles. The lowest BCUT2D eigenvalue weighted by atomic mass is 10.0. The Kier molecular flexibility index (Phi) is 4.51. The van der Waals surface area contributed by atoms with Gasteiger partial charge in [-0.1, -0.05) is 30.3 Å². The van der Waals surface area contributed by atoms with Gasteiger partial charge in [0.05, 0.1) is 6.04 Å². The number of nitrogens with zero attached hydrogens (tertiary/aromatic N) is 5. The first-order valence-electron chi connectivity index (χ1n) is 9.08. The van der Waals surface area contributed by atoms with Crippen molar-refractivity contribution in [2.75, 3.05) is 6.54 Å². The van der Waals surface area contributed by atoms with E-state index in [2.05, 4.69) is 20.3 Å². The zero-order chi connectivity index (χ0) is 17.9. The quantitative estimate of drug-likeness (QED) is 0.784. The van der Waals surface area contributed by atoms with E-state index in [-0.39, 0.29) is 11.9 Å². The second-order valence-corrected chi connectivity index (χ2v) is 6.45. The molecule has 1 aliphatic rings. The molecule has 3 heterocycles. The van der Waals surface area contributed by atoms with Crippen LogP contribution in [0.3, 0.4) is 0 Å². The minimum atomic E-state index is -0.0820. The maximum atomic E-state index is 13.1. The Balaban J connectivity index is 1.62. The molecule has 1 aromatic carbocycles. The molecule has 1 N–H and O–H groups in total. The number of H-pyrrole nitrogens is 1. The van der Waals surface area contributed by atoms with Crippen LogP contribution in [-0.4, -0.2) is 42.3 Å². The van der Waals surface area contributed by atoms with Crippen molar-refractivity contribution < 1.29 is 4.79 Å². The van der Waals surface area contributed by atoms with Crippen molar-refractivity contribution in [2.45, 2.75) is 38.8 Å². The van der Waals surface area contributed by atoms with Crippen LogP contribution in [0.2, 0.25) is 0 Å². The molecule has 7 heteroatoms. The second-order valence-electron chi connectivity index (χ2n) is 6.45. The molecule has 0 spiro atoms. The molecule has 1 unspecified atom stereocenters. The van der Waals surface area contributed by atoms with Crippen LogP contribution < -0.4 is 0 Å². The number of rotatable bonds is 4. The summed E-state index contributed by atoms with van der Waals surface area (Å²) in [5.74, 6) is 1.42. The van der Waals surface area contributed by atoms with Crippen LogP contribution in [0.5, 0.6) is 0 Å². The van der Waals surface area contributed by atoms with Gasteiger partial charge in [0.2, 0.25) is 0 Å². The average Bonchev–Trinajstić information content (AvgIpc) is 3.37. The Morgan fingerprint density at radius 1 is 1.23 bits per heavy atom. The minimum Gasteiger partial charge on any atom is -0.327 e. The summed E-state index contributed by atoms with van der Waals surface area (Å²) in [6, 6.07) is 11.6. The van der Waals surface area contributed by atoms with Crippen molar-refractivity contribution >= 4 is 5.91 Å². The van der Waals surface area contributed by atoms with Gasteiger partial charge in [-0.3, -0.25) is 14.6 Å². The number of nitrogens with one attached hydrogen (secondary N) is 1. The molecule has 7 nitrogen and oxygen atoms in total. The zero-order valence-corrected chi connectivity index (χ0v) is 14.8. The predicted molar refractivity (Wildman–Crippen MR) is 97.3 cm³/mol. The van der Waals surface area contributed by atoms with Gasteiger partial charge >= 0.3 is 0 Å². The third-order valence-electron chi connectivity index (χ3n) is 4.85. The van der Waals surface area contributed by atoms with Gasteiger partial charge in [-0.05, 0) is 32.3 Å². The summed E-state index contributed by atoms with van der Waals surface area (Å²) in [6.45, 7) is 3.38. The van der Waals surface area contributed by atoms with Gasteiger partial charge in [0.1, 0.15) is 11.5 Å². The molecule has 1 saturated heterocycles. The van der Waals surface area contributed by atoms with E-state index < -0.39 is 0 Å². The van der Waals surface area contributed by atoms with E-state index in [1.807, 2.05) is 42.2 Å². The Morgan fingerprint density at radius 3 is 2.88 bits per heavy atom. The normalized spacial score (nSPS) is 17.4. The van der Waals surface area contributed by atoms with Gasteiger partial charge < -0.3 is 4.90 Å². The summed E-state index contributed by atoms with van der Waals surface area (Å²) < 4.78 is 1.74. The van der Waals surface area contributed by atoms with Gasteiger partial charge in [-0.15, -0.1) is 0 Å². The van der Waals surface area contributed by atoms with Crippen LogP contribution in [0.1, 0.15) is 48.5 Å². The minimum absolute atomic E-state index is 0.00621. The topological polar surface area (TPSA) is 79.7 Å². The van der Waals surface area contributed by atoms with E-state index in [1.54, 1.807) is 16.9 Å². The number of hydrogen-bond donors (Lipinski definition) is 1. The van der Waals surface area contributed by atoms with Gasteiger partial charge in [0, 0.05) is 24.8 Å². The molecule has 1 aliphatic heterocycles. The lowest BCUT2D eigenvalue weighted by Gasteiger charge is -2.34. The molecule has 0 bridgehead atoms. The first-order valence-corrected chi connectivity index (χ1v) is 9.08. The molecule has 1 amide bonds. The van der Waals surface area contributed by atoms with Gasteiger partial charge in [0.25, 0.3) is 5.91 Å². The molecule has 0 saturated carbocycles. The number of benzene rings is 1. The molecule has 2 aromatic heterocycles. The Bertz CT molecular complexity index is 884. The maximum absolute atomic E-state index is 13.1. The molecule has 1 atom stereocenters. The van der Waals surface area contributed by atoms with Crippen LogP contribution in [0.25, 0.3) is 11.4 Å². The number of aromatic nitrogens is 5. The van der Waals surface area contributed by atoms with E-state index in [1.165, 1.54) is 0 Å². The molecule has 1 fully saturated rings. The lowest BCUT2D eigenvalue weighted by molar-refractivity contribution is 0.0587. The zero-order valence-electron chi connectivity index (χ0n) is 14.8. The highest BCUT2D eigenvalue weighted by Gasteiger charge is 2.32. The summed E-state index contributed by atoms with van der Waals surface area (Å²) in [4.78, 5) is 19.7. The van der Waals surface area contributed by atoms with Crippen LogP contribution in [0.4, 0.5) is 0 Å². The fourth-order valence-corrected chi connectivity index (χ4v) is 3.51. The van der Waals surface area contributed by atoms with Crippen molar-refractivity contribution in [1.82, 2.24) is 29.9 Å². The average molecular weight is 350 g/mol. The fourth-order valence-electron chi connectivity index (χ4n) is 3.51. The van der Waals surface area contributed by atoms with E-state index in [4.69, 9.17) is 0 Å². The number of aromatic amines is 1. The predicted octanol–water partition coefficient (Wildman–Crippen LogP) is 3.06. The third-order valence-corrected chi connectivity index (χ3v) is 4.85. The molecular weight excluding hydrogens is 328 g/mol. The number of likely N-dealkylation sites (tertiary alicyclic amines) is 1. The van der Waals surface area contributed by atoms with Gasteiger partial charge in [0.15, 0.2) is 5.82 Å². The van der Waals surface area contributed by atoms with Crippen molar-refractivity contribution in [2.24, 2.45) is 0 Å². The number of aryl methyl sites for hydroxylation is 1. The molecule has 134 valence electrons. The first-order chi connectivity index (χ1) is 12.8. The summed E-state index contributed by atoms with van der Waals surface area (Å²) >= 11 is 0. The van der Waals surface area contributed by atoms with Gasteiger partial charge in [-0.25, -0.2) is 4.98 Å². The molecule has 0 radical (unpaired) electrons. The summed E-state index contributed by atoms with van der Waals surface area (Å²) in [6.07, 6.45) is 4.64. The summed E-state index contributed by atoms with van der Waals surface area (Å²) in [5, 5.41) is 11.6. The monoisotopic (exact) mass is 350 g/mol. The largest absolute Gasteiger partial charge is 0.327 e. The molecule has 4 rings (SSSR count). The maximum Gasteiger partial charge on any atom is 0.272 e. The number of piperidine rings is 1. The van der Waals surface area contributed by atoms with E-state index in [9.17, 15) is 4.79 Å². The van der Waals surface area contributed by atoms with Crippen molar-refractivity contribution in [3.05, 3.63) is 54.1 Å². The summed E-state index contributed by atoms with van der Waals surface area (Å²) in [7, 11) is 0. The third kappa shape index (κ3) is 3.00. The molecule has 3 aromatic rings. The van der Waals surface area contributed by atoms with E-state index in [0.29, 0.717) is 18.1 Å². The number of hydrogen-bond acceptors (Lipinski definition) is 4. The lowest BCUT2D eigenvalue weighted by Crippen LogP contribution is -2.40. The van der Waals surface area contributed by atoms with Crippen LogP contribution in [0.15, 0.2) is 42.6 Å². The van der Waals surface area contributed by atoms with Crippen molar-refractivity contribution in [3.8, 4) is 11.4 Å². The van der Waals surface area contributed by atoms with E-state index in [0.717, 1.165) is 37.2 Å². The smallest absolute Gasteiger partial charge is 0.272 e. The number of carbonyl (C=O) groups excluding carboxylic acids is 1. The first kappa shape index (κ1) is 16.5.